The predicted molar refractivity (Wildman–Crippen MR) is 117 cm³/mol. The van der Waals surface area contributed by atoms with E-state index in [0.29, 0.717) is 16.5 Å². The van der Waals surface area contributed by atoms with Crippen LogP contribution in [0.25, 0.3) is 0 Å². The van der Waals surface area contributed by atoms with Gasteiger partial charge in [-0.1, -0.05) is 49.8 Å². The molecule has 1 saturated carbocycles. The van der Waals surface area contributed by atoms with Crippen LogP contribution in [0.3, 0.4) is 0 Å². The molecule has 6 nitrogen and oxygen atoms in total. The maximum Gasteiger partial charge on any atom is 0.263 e. The van der Waals surface area contributed by atoms with E-state index in [2.05, 4.69) is 35.8 Å². The van der Waals surface area contributed by atoms with Crippen LogP contribution in [0, 0.1) is 25.2 Å². The Morgan fingerprint density at radius 3 is 2.45 bits per heavy atom. The number of amides is 1. The first-order valence-corrected chi connectivity index (χ1v) is 12.1. The van der Waals surface area contributed by atoms with E-state index in [9.17, 15) is 13.2 Å². The summed E-state index contributed by atoms with van der Waals surface area (Å²) < 4.78 is 27.7. The molecule has 1 aliphatic carbocycles. The van der Waals surface area contributed by atoms with Crippen LogP contribution >= 0.6 is 11.3 Å². The molecule has 2 N–H and O–H groups in total. The minimum Gasteiger partial charge on any atom is -0.349 e. The Hall–Kier alpha value is -1.93. The summed E-state index contributed by atoms with van der Waals surface area (Å²) in [6, 6.07) is 6.71. The van der Waals surface area contributed by atoms with E-state index in [0.717, 1.165) is 36.2 Å². The lowest BCUT2D eigenvalue weighted by atomic mass is 9.70. The van der Waals surface area contributed by atoms with Crippen molar-refractivity contribution in [2.75, 3.05) is 4.72 Å². The van der Waals surface area contributed by atoms with Crippen molar-refractivity contribution in [3.63, 3.8) is 0 Å². The Morgan fingerprint density at radius 2 is 1.83 bits per heavy atom. The lowest BCUT2D eigenvalue weighted by Crippen LogP contribution is -2.42. The SMILES string of the molecule is Cc1ccc(S(=O)(=O)Nc2nc(C)c(C(=O)NC3CC(C)CC(C)(C)C3)s2)cc1. The molecular formula is C21H29N3O3S2. The summed E-state index contributed by atoms with van der Waals surface area (Å²) in [4.78, 5) is 17.7. The van der Waals surface area contributed by atoms with E-state index in [4.69, 9.17) is 0 Å². The zero-order valence-electron chi connectivity index (χ0n) is 17.6. The number of hydrogen-bond donors (Lipinski definition) is 2. The zero-order valence-corrected chi connectivity index (χ0v) is 19.2. The minimum atomic E-state index is -3.74. The highest BCUT2D eigenvalue weighted by molar-refractivity contribution is 7.93. The van der Waals surface area contributed by atoms with Gasteiger partial charge in [0, 0.05) is 6.04 Å². The molecule has 3 rings (SSSR count). The van der Waals surface area contributed by atoms with Crippen LogP contribution in [0.5, 0.6) is 0 Å². The average molecular weight is 436 g/mol. The number of rotatable bonds is 5. The lowest BCUT2D eigenvalue weighted by molar-refractivity contribution is 0.0877. The number of hydrogen-bond acceptors (Lipinski definition) is 5. The number of aryl methyl sites for hydroxylation is 2. The van der Waals surface area contributed by atoms with Gasteiger partial charge in [0.15, 0.2) is 5.13 Å². The Morgan fingerprint density at radius 1 is 1.17 bits per heavy atom. The van der Waals surface area contributed by atoms with Crippen molar-refractivity contribution in [2.24, 2.45) is 11.3 Å². The predicted octanol–water partition coefficient (Wildman–Crippen LogP) is 4.51. The van der Waals surface area contributed by atoms with Gasteiger partial charge in [0.1, 0.15) is 4.88 Å². The average Bonchev–Trinajstić information content (AvgIpc) is 2.93. The Labute approximate surface area is 177 Å². The molecule has 29 heavy (non-hydrogen) atoms. The van der Waals surface area contributed by atoms with E-state index in [-0.39, 0.29) is 27.4 Å². The van der Waals surface area contributed by atoms with Gasteiger partial charge in [0.2, 0.25) is 0 Å². The molecule has 2 unspecified atom stereocenters. The highest BCUT2D eigenvalue weighted by Crippen LogP contribution is 2.38. The molecule has 1 amide bonds. The van der Waals surface area contributed by atoms with E-state index in [1.54, 1.807) is 31.2 Å². The first kappa shape index (κ1) is 21.8. The number of nitrogens with one attached hydrogen (secondary N) is 2. The second kappa shape index (κ2) is 8.07. The van der Waals surface area contributed by atoms with Crippen LogP contribution in [0.15, 0.2) is 29.2 Å². The van der Waals surface area contributed by atoms with Gasteiger partial charge in [0.05, 0.1) is 10.6 Å². The number of sulfonamides is 1. The summed E-state index contributed by atoms with van der Waals surface area (Å²) in [7, 11) is -3.74. The molecule has 8 heteroatoms. The molecule has 0 spiro atoms. The Bertz CT molecular complexity index is 995. The van der Waals surface area contributed by atoms with Crippen molar-refractivity contribution < 1.29 is 13.2 Å². The third-order valence-corrected chi connectivity index (χ3v) is 7.83. The van der Waals surface area contributed by atoms with Gasteiger partial charge in [-0.15, -0.1) is 0 Å². The highest BCUT2D eigenvalue weighted by Gasteiger charge is 2.33. The minimum absolute atomic E-state index is 0.121. The van der Waals surface area contributed by atoms with Crippen LogP contribution < -0.4 is 10.0 Å². The summed E-state index contributed by atoms with van der Waals surface area (Å²) >= 11 is 1.07. The molecule has 1 fully saturated rings. The van der Waals surface area contributed by atoms with Crippen molar-refractivity contribution in [2.45, 2.75) is 64.8 Å². The third kappa shape index (κ3) is 5.36. The molecule has 1 aromatic carbocycles. The normalized spacial score (nSPS) is 21.6. The molecule has 158 valence electrons. The summed E-state index contributed by atoms with van der Waals surface area (Å²) in [5, 5.41) is 3.33. The number of carbonyl (C=O) groups is 1. The van der Waals surface area contributed by atoms with Crippen molar-refractivity contribution in [3.05, 3.63) is 40.4 Å². The van der Waals surface area contributed by atoms with Crippen LogP contribution in [0.4, 0.5) is 5.13 Å². The number of benzene rings is 1. The van der Waals surface area contributed by atoms with Gasteiger partial charge in [-0.25, -0.2) is 13.4 Å². The molecule has 1 aliphatic rings. The quantitative estimate of drug-likeness (QED) is 0.723. The smallest absolute Gasteiger partial charge is 0.263 e. The van der Waals surface area contributed by atoms with Gasteiger partial charge in [-0.2, -0.15) is 0 Å². The topological polar surface area (TPSA) is 88.2 Å². The van der Waals surface area contributed by atoms with Gasteiger partial charge in [0.25, 0.3) is 15.9 Å². The number of carbonyl (C=O) groups excluding carboxylic acids is 1. The van der Waals surface area contributed by atoms with Crippen LogP contribution in [-0.2, 0) is 10.0 Å². The number of anilines is 1. The van der Waals surface area contributed by atoms with Gasteiger partial charge in [-0.05, 0) is 56.6 Å². The molecule has 2 aromatic rings. The fraction of sp³-hybridized carbons (Fsp3) is 0.524. The molecule has 1 aromatic heterocycles. The van der Waals surface area contributed by atoms with Crippen molar-refractivity contribution in [1.29, 1.82) is 0 Å². The summed E-state index contributed by atoms with van der Waals surface area (Å²) in [6.07, 6.45) is 3.05. The molecule has 0 saturated heterocycles. The summed E-state index contributed by atoms with van der Waals surface area (Å²) in [5.74, 6) is 0.374. The molecular weight excluding hydrogens is 406 g/mol. The Kier molecular flexibility index (Phi) is 6.06. The first-order chi connectivity index (χ1) is 13.4. The van der Waals surface area contributed by atoms with E-state index in [1.165, 1.54) is 0 Å². The molecule has 2 atom stereocenters. The number of nitrogens with zero attached hydrogens (tertiary/aromatic N) is 1. The third-order valence-electron chi connectivity index (χ3n) is 5.28. The van der Waals surface area contributed by atoms with Gasteiger partial charge < -0.3 is 5.32 Å². The maximum atomic E-state index is 12.8. The zero-order chi connectivity index (χ0) is 21.4. The van der Waals surface area contributed by atoms with Gasteiger partial charge in [-0.3, -0.25) is 9.52 Å². The van der Waals surface area contributed by atoms with Crippen LogP contribution in [0.1, 0.15) is 61.0 Å². The fourth-order valence-corrected chi connectivity index (χ4v) is 6.35. The fourth-order valence-electron chi connectivity index (χ4n) is 4.25. The maximum absolute atomic E-state index is 12.8. The van der Waals surface area contributed by atoms with Crippen LogP contribution in [0.2, 0.25) is 0 Å². The lowest BCUT2D eigenvalue weighted by Gasteiger charge is -2.39. The molecule has 0 bridgehead atoms. The molecule has 0 aliphatic heterocycles. The largest absolute Gasteiger partial charge is 0.349 e. The van der Waals surface area contributed by atoms with Crippen molar-refractivity contribution in [1.82, 2.24) is 10.3 Å². The number of aromatic nitrogens is 1. The summed E-state index contributed by atoms with van der Waals surface area (Å²) in [6.45, 7) is 10.3. The summed E-state index contributed by atoms with van der Waals surface area (Å²) in [5.41, 5.74) is 1.71. The van der Waals surface area contributed by atoms with E-state index >= 15 is 0 Å². The standard InChI is InChI=1S/C21H29N3O3S2/c1-13-6-8-17(9-7-13)29(26,27)24-20-22-15(3)18(28-20)19(25)23-16-10-14(2)11-21(4,5)12-16/h6-9,14,16H,10-12H2,1-5H3,(H,22,24)(H,23,25). The van der Waals surface area contributed by atoms with Gasteiger partial charge >= 0.3 is 0 Å². The second-order valence-electron chi connectivity index (χ2n) is 8.94. The Balaban J connectivity index is 1.72. The van der Waals surface area contributed by atoms with E-state index < -0.39 is 10.0 Å². The first-order valence-electron chi connectivity index (χ1n) is 9.83. The monoisotopic (exact) mass is 435 g/mol. The molecule has 0 radical (unpaired) electrons. The van der Waals surface area contributed by atoms with E-state index in [1.807, 2.05) is 6.92 Å². The van der Waals surface area contributed by atoms with Crippen molar-refractivity contribution >= 4 is 32.4 Å². The second-order valence-corrected chi connectivity index (χ2v) is 11.6. The van der Waals surface area contributed by atoms with Crippen LogP contribution in [-0.4, -0.2) is 25.4 Å². The highest BCUT2D eigenvalue weighted by atomic mass is 32.2. The molecule has 1 heterocycles. The number of thiazole rings is 1. The van der Waals surface area contributed by atoms with Crippen molar-refractivity contribution in [3.8, 4) is 0 Å².